The topological polar surface area (TPSA) is 54.4 Å². The lowest BCUT2D eigenvalue weighted by Gasteiger charge is -1.99. The number of Topliss-reactive ketones (excluding diaryl/α,β-unsaturated/α-hetero) is 1. The van der Waals surface area contributed by atoms with Gasteiger partial charge in [0.05, 0.1) is 0 Å². The van der Waals surface area contributed by atoms with Gasteiger partial charge in [-0.05, 0) is 19.8 Å². The second kappa shape index (κ2) is 12.2. The molecule has 0 heterocycles. The normalized spacial score (nSPS) is 9.61. The van der Waals surface area contributed by atoms with Crippen molar-refractivity contribution in [2.24, 2.45) is 0 Å². The Balaban J connectivity index is 3.13. The van der Waals surface area contributed by atoms with E-state index >= 15 is 0 Å². The third-order valence-corrected chi connectivity index (χ3v) is 2.70. The van der Waals surface area contributed by atoms with E-state index < -0.39 is 5.97 Å². The molecule has 0 aliphatic rings. The monoisotopic (exact) mass is 252 g/mol. The molecule has 0 unspecified atom stereocenters. The SMILES string of the molecule is CC(=O)CCCCCCCCCC#CCC(=O)O. The van der Waals surface area contributed by atoms with E-state index in [1.165, 1.54) is 19.3 Å². The molecule has 18 heavy (non-hydrogen) atoms. The van der Waals surface area contributed by atoms with Crippen LogP contribution in [0, 0.1) is 11.8 Å². The quantitative estimate of drug-likeness (QED) is 0.477. The van der Waals surface area contributed by atoms with Crippen LogP contribution in [-0.4, -0.2) is 16.9 Å². The molecule has 3 heteroatoms. The first kappa shape index (κ1) is 16.7. The summed E-state index contributed by atoms with van der Waals surface area (Å²) in [6.07, 6.45) is 9.51. The van der Waals surface area contributed by atoms with E-state index in [9.17, 15) is 9.59 Å². The van der Waals surface area contributed by atoms with E-state index in [0.29, 0.717) is 0 Å². The molecule has 0 aromatic rings. The lowest BCUT2D eigenvalue weighted by atomic mass is 10.1. The van der Waals surface area contributed by atoms with Crippen LogP contribution in [0.4, 0.5) is 0 Å². The third-order valence-electron chi connectivity index (χ3n) is 2.70. The van der Waals surface area contributed by atoms with Crippen LogP contribution < -0.4 is 0 Å². The van der Waals surface area contributed by atoms with Gasteiger partial charge in [-0.15, -0.1) is 5.92 Å². The highest BCUT2D eigenvalue weighted by atomic mass is 16.4. The number of rotatable bonds is 10. The van der Waals surface area contributed by atoms with E-state index in [4.69, 9.17) is 5.11 Å². The summed E-state index contributed by atoms with van der Waals surface area (Å²) < 4.78 is 0. The summed E-state index contributed by atoms with van der Waals surface area (Å²) in [6.45, 7) is 1.64. The Morgan fingerprint density at radius 3 is 2.00 bits per heavy atom. The molecule has 3 nitrogen and oxygen atoms in total. The fraction of sp³-hybridized carbons (Fsp3) is 0.733. The summed E-state index contributed by atoms with van der Waals surface area (Å²) in [5.74, 6) is 4.94. The first-order valence-corrected chi connectivity index (χ1v) is 6.80. The third kappa shape index (κ3) is 14.7. The predicted molar refractivity (Wildman–Crippen MR) is 72.3 cm³/mol. The van der Waals surface area contributed by atoms with Crippen molar-refractivity contribution in [3.8, 4) is 11.8 Å². The van der Waals surface area contributed by atoms with E-state index in [1.54, 1.807) is 6.92 Å². The van der Waals surface area contributed by atoms with Crippen LogP contribution in [0.5, 0.6) is 0 Å². The lowest BCUT2D eigenvalue weighted by Crippen LogP contribution is -1.90. The number of hydrogen-bond acceptors (Lipinski definition) is 2. The number of ketones is 1. The van der Waals surface area contributed by atoms with Crippen molar-refractivity contribution in [1.82, 2.24) is 0 Å². The van der Waals surface area contributed by atoms with Crippen LogP contribution >= 0.6 is 0 Å². The minimum atomic E-state index is -0.854. The van der Waals surface area contributed by atoms with Crippen LogP contribution in [0.25, 0.3) is 0 Å². The smallest absolute Gasteiger partial charge is 0.315 e. The van der Waals surface area contributed by atoms with Gasteiger partial charge in [-0.3, -0.25) is 4.79 Å². The predicted octanol–water partition coefficient (Wildman–Crippen LogP) is 3.56. The van der Waals surface area contributed by atoms with Crippen LogP contribution in [-0.2, 0) is 9.59 Å². The standard InChI is InChI=1S/C15H24O3/c1-14(16)12-10-8-6-4-2-3-5-7-9-11-13-15(17)18/h2-8,10,12-13H2,1H3,(H,17,18). The Kier molecular flexibility index (Phi) is 11.3. The van der Waals surface area contributed by atoms with Gasteiger partial charge in [0.1, 0.15) is 12.2 Å². The number of carboxylic acid groups (broad SMARTS) is 1. The minimum absolute atomic E-state index is 0.0455. The molecule has 102 valence electrons. The van der Waals surface area contributed by atoms with Crippen molar-refractivity contribution >= 4 is 11.8 Å². The van der Waals surface area contributed by atoms with Crippen molar-refractivity contribution in [3.63, 3.8) is 0 Å². The van der Waals surface area contributed by atoms with Crippen molar-refractivity contribution in [1.29, 1.82) is 0 Å². The summed E-state index contributed by atoms with van der Waals surface area (Å²) in [7, 11) is 0. The van der Waals surface area contributed by atoms with Gasteiger partial charge in [0.2, 0.25) is 0 Å². The maximum atomic E-state index is 10.7. The molecule has 0 saturated heterocycles. The summed E-state index contributed by atoms with van der Waals surface area (Å²) in [5, 5.41) is 8.37. The highest BCUT2D eigenvalue weighted by molar-refractivity contribution is 5.75. The van der Waals surface area contributed by atoms with Gasteiger partial charge in [0, 0.05) is 12.8 Å². The number of carbonyl (C=O) groups excluding carboxylic acids is 1. The first-order chi connectivity index (χ1) is 8.63. The van der Waals surface area contributed by atoms with Crippen molar-refractivity contribution in [3.05, 3.63) is 0 Å². The molecular weight excluding hydrogens is 228 g/mol. The molecule has 0 aromatic heterocycles. The molecule has 0 spiro atoms. The fourth-order valence-electron chi connectivity index (χ4n) is 1.70. The minimum Gasteiger partial charge on any atom is -0.481 e. The molecule has 0 aliphatic heterocycles. The second-order valence-electron chi connectivity index (χ2n) is 4.60. The van der Waals surface area contributed by atoms with Crippen LogP contribution in [0.3, 0.4) is 0 Å². The number of unbranched alkanes of at least 4 members (excludes halogenated alkanes) is 7. The summed E-state index contributed by atoms with van der Waals surface area (Å²) >= 11 is 0. The van der Waals surface area contributed by atoms with Crippen LogP contribution in [0.1, 0.15) is 71.1 Å². The average molecular weight is 252 g/mol. The van der Waals surface area contributed by atoms with Gasteiger partial charge >= 0.3 is 5.97 Å². The van der Waals surface area contributed by atoms with Gasteiger partial charge < -0.3 is 9.90 Å². The van der Waals surface area contributed by atoms with Crippen molar-refractivity contribution in [2.45, 2.75) is 71.1 Å². The van der Waals surface area contributed by atoms with Gasteiger partial charge in [0.15, 0.2) is 0 Å². The molecule has 0 atom stereocenters. The largest absolute Gasteiger partial charge is 0.481 e. The van der Waals surface area contributed by atoms with E-state index in [2.05, 4.69) is 11.8 Å². The maximum absolute atomic E-state index is 10.7. The Morgan fingerprint density at radius 1 is 0.889 bits per heavy atom. The van der Waals surface area contributed by atoms with Gasteiger partial charge in [-0.25, -0.2) is 0 Å². The average Bonchev–Trinajstić information content (AvgIpc) is 2.29. The summed E-state index contributed by atoms with van der Waals surface area (Å²) in [5.41, 5.74) is 0. The summed E-state index contributed by atoms with van der Waals surface area (Å²) in [6, 6.07) is 0. The molecule has 0 fully saturated rings. The maximum Gasteiger partial charge on any atom is 0.315 e. The fourth-order valence-corrected chi connectivity index (χ4v) is 1.70. The lowest BCUT2D eigenvalue weighted by molar-refractivity contribution is -0.135. The van der Waals surface area contributed by atoms with Gasteiger partial charge in [0.25, 0.3) is 0 Å². The Bertz CT molecular complexity index is 297. The van der Waals surface area contributed by atoms with Gasteiger partial charge in [-0.2, -0.15) is 0 Å². The zero-order valence-electron chi connectivity index (χ0n) is 11.3. The number of aliphatic carboxylic acids is 1. The second-order valence-corrected chi connectivity index (χ2v) is 4.60. The molecule has 0 amide bonds. The highest BCUT2D eigenvalue weighted by Gasteiger charge is 1.94. The summed E-state index contributed by atoms with van der Waals surface area (Å²) in [4.78, 5) is 20.9. The molecule has 0 rings (SSSR count). The highest BCUT2D eigenvalue weighted by Crippen LogP contribution is 2.09. The molecular formula is C15H24O3. The molecule has 0 radical (unpaired) electrons. The zero-order chi connectivity index (χ0) is 13.6. The molecule has 0 saturated carbocycles. The van der Waals surface area contributed by atoms with Crippen LogP contribution in [0.15, 0.2) is 0 Å². The molecule has 0 aromatic carbocycles. The van der Waals surface area contributed by atoms with E-state index in [-0.39, 0.29) is 12.2 Å². The first-order valence-electron chi connectivity index (χ1n) is 6.80. The molecule has 0 aliphatic carbocycles. The zero-order valence-corrected chi connectivity index (χ0v) is 11.3. The van der Waals surface area contributed by atoms with Crippen molar-refractivity contribution in [2.75, 3.05) is 0 Å². The number of hydrogen-bond donors (Lipinski definition) is 1. The van der Waals surface area contributed by atoms with Gasteiger partial charge in [-0.1, -0.05) is 38.0 Å². The van der Waals surface area contributed by atoms with Crippen LogP contribution in [0.2, 0.25) is 0 Å². The van der Waals surface area contributed by atoms with Crippen molar-refractivity contribution < 1.29 is 14.7 Å². The number of carboxylic acids is 1. The Hall–Kier alpha value is -1.30. The molecule has 0 bridgehead atoms. The Labute approximate surface area is 110 Å². The van der Waals surface area contributed by atoms with E-state index in [0.717, 1.165) is 38.5 Å². The van der Waals surface area contributed by atoms with E-state index in [1.807, 2.05) is 0 Å². The Morgan fingerprint density at radius 2 is 1.44 bits per heavy atom. The number of carbonyl (C=O) groups is 2. The molecule has 1 N–H and O–H groups in total.